The molecule has 2 aromatic heterocycles. The second-order valence-electron chi connectivity index (χ2n) is 5.36. The number of carbonyl (C=O) groups excluding carboxylic acids is 2. The minimum absolute atomic E-state index is 0.0118. The largest absolute Gasteiger partial charge is 0.394 e. The molecule has 12 nitrogen and oxygen atoms in total. The average Bonchev–Trinajstić information content (AvgIpc) is 3.16. The number of hydrogen-bond acceptors (Lipinski definition) is 10. The van der Waals surface area contributed by atoms with Crippen molar-refractivity contribution in [3.8, 4) is 0 Å². The molecule has 0 saturated carbocycles. The summed E-state index contributed by atoms with van der Waals surface area (Å²) in [5, 5.41) is 31.4. The number of carbonyl (C=O) groups is 2. The summed E-state index contributed by atoms with van der Waals surface area (Å²) in [4.78, 5) is 34.9. The van der Waals surface area contributed by atoms with Crippen LogP contribution in [0.1, 0.15) is 6.23 Å². The zero-order valence-corrected chi connectivity index (χ0v) is 12.8. The highest BCUT2D eigenvalue weighted by atomic mass is 16.6. The first-order valence-electron chi connectivity index (χ1n) is 7.32. The van der Waals surface area contributed by atoms with Crippen LogP contribution in [-0.4, -0.2) is 78.0 Å². The van der Waals surface area contributed by atoms with Crippen molar-refractivity contribution in [3.05, 3.63) is 12.7 Å². The number of nitrogens with one attached hydrogen (secondary N) is 1. The van der Waals surface area contributed by atoms with E-state index in [0.29, 0.717) is 0 Å². The van der Waals surface area contributed by atoms with Crippen LogP contribution in [0.5, 0.6) is 0 Å². The molecule has 0 unspecified atom stereocenters. The van der Waals surface area contributed by atoms with Gasteiger partial charge in [-0.3, -0.25) is 14.2 Å². The summed E-state index contributed by atoms with van der Waals surface area (Å²) >= 11 is 0. The van der Waals surface area contributed by atoms with Crippen molar-refractivity contribution in [3.63, 3.8) is 0 Å². The standard InChI is InChI=1S/C13H16N6O6/c14-1-5(21)12(24)18-10-7-11(16-3-15-10)19(4-17-7)13-9(23)8(22)6(2-20)25-13/h3-4,6,8-9,13,20,22-23H,1-2,14H2,(H,15,16,18,24)/t6-,8-,9-,13-/m1/s1. The molecule has 0 aromatic carbocycles. The highest BCUT2D eigenvalue weighted by molar-refractivity contribution is 6.41. The van der Waals surface area contributed by atoms with E-state index in [1.807, 2.05) is 0 Å². The first-order valence-corrected chi connectivity index (χ1v) is 7.32. The Morgan fingerprint density at radius 3 is 2.68 bits per heavy atom. The normalized spacial score (nSPS) is 26.1. The second kappa shape index (κ2) is 6.78. The van der Waals surface area contributed by atoms with E-state index in [1.165, 1.54) is 10.9 Å². The number of nitrogens with two attached hydrogens (primary N) is 1. The topological polar surface area (TPSA) is 186 Å². The minimum Gasteiger partial charge on any atom is -0.394 e. The van der Waals surface area contributed by atoms with Crippen molar-refractivity contribution in [2.75, 3.05) is 18.5 Å². The van der Waals surface area contributed by atoms with E-state index in [4.69, 9.17) is 15.6 Å². The fraction of sp³-hybridized carbons (Fsp3) is 0.462. The number of fused-ring (bicyclic) bond motifs is 1. The number of imidazole rings is 1. The molecular formula is C13H16N6O6. The molecule has 0 radical (unpaired) electrons. The molecule has 1 saturated heterocycles. The van der Waals surface area contributed by atoms with Gasteiger partial charge in [0.25, 0.3) is 5.91 Å². The van der Waals surface area contributed by atoms with Gasteiger partial charge in [-0.05, 0) is 0 Å². The lowest BCUT2D eigenvalue weighted by Gasteiger charge is -2.16. The van der Waals surface area contributed by atoms with Gasteiger partial charge in [-0.15, -0.1) is 0 Å². The van der Waals surface area contributed by atoms with Crippen molar-refractivity contribution in [2.24, 2.45) is 5.73 Å². The van der Waals surface area contributed by atoms with Crippen LogP contribution >= 0.6 is 0 Å². The third-order valence-corrected chi connectivity index (χ3v) is 3.82. The van der Waals surface area contributed by atoms with Crippen LogP contribution in [0, 0.1) is 0 Å². The predicted molar refractivity (Wildman–Crippen MR) is 81.0 cm³/mol. The van der Waals surface area contributed by atoms with Gasteiger partial charge in [-0.2, -0.15) is 0 Å². The summed E-state index contributed by atoms with van der Waals surface area (Å²) in [5.41, 5.74) is 5.48. The number of amides is 1. The van der Waals surface area contributed by atoms with Gasteiger partial charge < -0.3 is 31.1 Å². The van der Waals surface area contributed by atoms with Crippen LogP contribution in [0.25, 0.3) is 11.2 Å². The van der Waals surface area contributed by atoms with Gasteiger partial charge in [-0.25, -0.2) is 15.0 Å². The molecule has 12 heteroatoms. The maximum absolute atomic E-state index is 11.7. The number of ether oxygens (including phenoxy) is 1. The van der Waals surface area contributed by atoms with Crippen LogP contribution in [0.4, 0.5) is 5.82 Å². The van der Waals surface area contributed by atoms with Crippen molar-refractivity contribution in [2.45, 2.75) is 24.5 Å². The van der Waals surface area contributed by atoms with E-state index < -0.39 is 49.4 Å². The fourth-order valence-electron chi connectivity index (χ4n) is 2.51. The van der Waals surface area contributed by atoms with Crippen LogP contribution in [0.2, 0.25) is 0 Å². The van der Waals surface area contributed by atoms with Crippen molar-refractivity contribution < 1.29 is 29.6 Å². The molecule has 6 N–H and O–H groups in total. The van der Waals surface area contributed by atoms with Crippen molar-refractivity contribution in [1.29, 1.82) is 0 Å². The average molecular weight is 352 g/mol. The third kappa shape index (κ3) is 2.96. The number of hydrogen-bond donors (Lipinski definition) is 5. The maximum atomic E-state index is 11.7. The third-order valence-electron chi connectivity index (χ3n) is 3.82. The summed E-state index contributed by atoms with van der Waals surface area (Å²) in [7, 11) is 0. The molecule has 1 amide bonds. The van der Waals surface area contributed by atoms with Crippen molar-refractivity contribution >= 4 is 28.7 Å². The SMILES string of the molecule is NCC(=O)C(=O)Nc1ncnc2c1ncn2[C@@H]1O[C@H](CO)[C@@H](O)[C@H]1O. The van der Waals surface area contributed by atoms with E-state index in [9.17, 15) is 19.8 Å². The molecule has 2 aromatic rings. The molecule has 0 bridgehead atoms. The Hall–Kier alpha value is -2.51. The number of aliphatic hydroxyl groups is 3. The second-order valence-corrected chi connectivity index (χ2v) is 5.36. The van der Waals surface area contributed by atoms with Gasteiger partial charge in [0.1, 0.15) is 24.6 Å². The minimum atomic E-state index is -1.32. The molecule has 4 atom stereocenters. The lowest BCUT2D eigenvalue weighted by molar-refractivity contribution is -0.133. The first-order chi connectivity index (χ1) is 12.0. The summed E-state index contributed by atoms with van der Waals surface area (Å²) in [6.07, 6.45) is -2.19. The van der Waals surface area contributed by atoms with Gasteiger partial charge in [0.2, 0.25) is 5.78 Å². The molecule has 25 heavy (non-hydrogen) atoms. The smallest absolute Gasteiger partial charge is 0.294 e. The summed E-state index contributed by atoms with van der Waals surface area (Å²) in [5.74, 6) is -1.78. The van der Waals surface area contributed by atoms with Gasteiger partial charge in [0.15, 0.2) is 23.2 Å². The number of Topliss-reactive ketones (excluding diaryl/α,β-unsaturated/α-hetero) is 1. The zero-order valence-electron chi connectivity index (χ0n) is 12.8. The number of ketones is 1. The Bertz CT molecular complexity index is 809. The summed E-state index contributed by atoms with van der Waals surface area (Å²) in [6, 6.07) is 0. The van der Waals surface area contributed by atoms with E-state index in [1.54, 1.807) is 0 Å². The van der Waals surface area contributed by atoms with Gasteiger partial charge in [0.05, 0.1) is 19.5 Å². The van der Waals surface area contributed by atoms with Crippen LogP contribution < -0.4 is 11.1 Å². The predicted octanol–water partition coefficient (Wildman–Crippen LogP) is -3.10. The number of anilines is 1. The molecular weight excluding hydrogens is 336 g/mol. The van der Waals surface area contributed by atoms with E-state index in [0.717, 1.165) is 6.33 Å². The van der Waals surface area contributed by atoms with Gasteiger partial charge >= 0.3 is 0 Å². The zero-order chi connectivity index (χ0) is 18.1. The first kappa shape index (κ1) is 17.3. The Morgan fingerprint density at radius 2 is 2.04 bits per heavy atom. The number of nitrogens with zero attached hydrogens (tertiary/aromatic N) is 4. The molecule has 0 spiro atoms. The van der Waals surface area contributed by atoms with Gasteiger partial charge in [0, 0.05) is 0 Å². The molecule has 0 aliphatic carbocycles. The highest BCUT2D eigenvalue weighted by Crippen LogP contribution is 2.31. The molecule has 1 aliphatic heterocycles. The Labute approximate surface area is 140 Å². The fourth-order valence-corrected chi connectivity index (χ4v) is 2.51. The quantitative estimate of drug-likeness (QED) is 0.345. The molecule has 134 valence electrons. The lowest BCUT2D eigenvalue weighted by Crippen LogP contribution is -2.33. The Morgan fingerprint density at radius 1 is 1.28 bits per heavy atom. The molecule has 3 rings (SSSR count). The monoisotopic (exact) mass is 352 g/mol. The van der Waals surface area contributed by atoms with Crippen LogP contribution in [0.3, 0.4) is 0 Å². The summed E-state index contributed by atoms with van der Waals surface area (Å²) < 4.78 is 6.75. The van der Waals surface area contributed by atoms with Crippen molar-refractivity contribution in [1.82, 2.24) is 19.5 Å². The van der Waals surface area contributed by atoms with Gasteiger partial charge in [-0.1, -0.05) is 0 Å². The van der Waals surface area contributed by atoms with Crippen LogP contribution in [-0.2, 0) is 14.3 Å². The van der Waals surface area contributed by atoms with E-state index in [-0.39, 0.29) is 17.0 Å². The molecule has 3 heterocycles. The van der Waals surface area contributed by atoms with E-state index >= 15 is 0 Å². The number of rotatable bonds is 5. The number of aliphatic hydroxyl groups excluding tert-OH is 3. The molecule has 1 fully saturated rings. The van der Waals surface area contributed by atoms with E-state index in [2.05, 4.69) is 20.3 Å². The molecule has 1 aliphatic rings. The highest BCUT2D eigenvalue weighted by Gasteiger charge is 2.44. The summed E-state index contributed by atoms with van der Waals surface area (Å²) in [6.45, 7) is -0.921. The lowest BCUT2D eigenvalue weighted by atomic mass is 10.1. The maximum Gasteiger partial charge on any atom is 0.294 e. The van der Waals surface area contributed by atoms with Crippen LogP contribution in [0.15, 0.2) is 12.7 Å². The Kier molecular flexibility index (Phi) is 4.69. The Balaban J connectivity index is 1.94. The number of aromatic nitrogens is 4.